The van der Waals surface area contributed by atoms with E-state index in [1.165, 1.54) is 50.5 Å². The molecule has 21 heavy (non-hydrogen) atoms. The standard InChI is InChI=1S/C18H26N2S/c21-18(19-17-9-5-2-6-10-17)20-13-11-16(12-14-20)15-7-3-1-4-8-15/h1,3-4,7-8,16-17H,2,5-6,9-14H2,(H,19,21). The van der Waals surface area contributed by atoms with Gasteiger partial charge in [0.05, 0.1) is 0 Å². The van der Waals surface area contributed by atoms with Gasteiger partial charge in [-0.05, 0) is 49.4 Å². The molecule has 1 aromatic carbocycles. The van der Waals surface area contributed by atoms with Crippen molar-refractivity contribution in [1.29, 1.82) is 0 Å². The van der Waals surface area contributed by atoms with Gasteiger partial charge in [-0.2, -0.15) is 0 Å². The maximum atomic E-state index is 5.62. The van der Waals surface area contributed by atoms with Crippen LogP contribution in [0.25, 0.3) is 0 Å². The zero-order valence-corrected chi connectivity index (χ0v) is 13.6. The molecule has 2 fully saturated rings. The van der Waals surface area contributed by atoms with Crippen LogP contribution < -0.4 is 5.32 Å². The molecule has 0 amide bonds. The van der Waals surface area contributed by atoms with Crippen LogP contribution in [0.4, 0.5) is 0 Å². The maximum Gasteiger partial charge on any atom is 0.169 e. The number of piperidine rings is 1. The third kappa shape index (κ3) is 3.97. The van der Waals surface area contributed by atoms with Crippen LogP contribution in [-0.2, 0) is 0 Å². The van der Waals surface area contributed by atoms with Gasteiger partial charge in [-0.3, -0.25) is 0 Å². The molecule has 1 heterocycles. The summed E-state index contributed by atoms with van der Waals surface area (Å²) in [6, 6.07) is 11.5. The Kier molecular flexibility index (Phi) is 5.13. The van der Waals surface area contributed by atoms with Crippen molar-refractivity contribution < 1.29 is 0 Å². The summed E-state index contributed by atoms with van der Waals surface area (Å²) in [6.45, 7) is 2.19. The van der Waals surface area contributed by atoms with Crippen molar-refractivity contribution in [3.8, 4) is 0 Å². The van der Waals surface area contributed by atoms with E-state index < -0.39 is 0 Å². The normalized spacial score (nSPS) is 21.2. The van der Waals surface area contributed by atoms with Crippen LogP contribution in [0.15, 0.2) is 30.3 Å². The third-order valence-electron chi connectivity index (χ3n) is 4.99. The summed E-state index contributed by atoms with van der Waals surface area (Å²) in [5.41, 5.74) is 1.49. The number of nitrogens with one attached hydrogen (secondary N) is 1. The first-order chi connectivity index (χ1) is 10.3. The number of rotatable bonds is 2. The molecule has 0 radical (unpaired) electrons. The average Bonchev–Trinajstić information content (AvgIpc) is 2.57. The van der Waals surface area contributed by atoms with Gasteiger partial charge in [0.15, 0.2) is 5.11 Å². The predicted molar refractivity (Wildman–Crippen MR) is 92.6 cm³/mol. The molecule has 0 unspecified atom stereocenters. The SMILES string of the molecule is S=C(NC1CCCCC1)N1CCC(c2ccccc2)CC1. The molecule has 3 rings (SSSR count). The van der Waals surface area contributed by atoms with E-state index in [0.717, 1.165) is 18.2 Å². The second-order valence-corrected chi connectivity index (χ2v) is 6.84. The molecule has 2 nitrogen and oxygen atoms in total. The molecular weight excluding hydrogens is 276 g/mol. The molecule has 3 heteroatoms. The van der Waals surface area contributed by atoms with Crippen molar-refractivity contribution in [2.45, 2.75) is 56.9 Å². The number of hydrogen-bond donors (Lipinski definition) is 1. The quantitative estimate of drug-likeness (QED) is 0.829. The summed E-state index contributed by atoms with van der Waals surface area (Å²) in [4.78, 5) is 2.38. The van der Waals surface area contributed by atoms with E-state index in [1.54, 1.807) is 0 Å². The van der Waals surface area contributed by atoms with E-state index in [-0.39, 0.29) is 0 Å². The fraction of sp³-hybridized carbons (Fsp3) is 0.611. The van der Waals surface area contributed by atoms with Gasteiger partial charge in [0.25, 0.3) is 0 Å². The van der Waals surface area contributed by atoms with E-state index in [0.29, 0.717) is 12.0 Å². The maximum absolute atomic E-state index is 5.62. The van der Waals surface area contributed by atoms with Gasteiger partial charge < -0.3 is 10.2 Å². The van der Waals surface area contributed by atoms with Crippen molar-refractivity contribution in [3.63, 3.8) is 0 Å². The molecule has 1 aliphatic heterocycles. The van der Waals surface area contributed by atoms with Crippen LogP contribution in [0.5, 0.6) is 0 Å². The second-order valence-electron chi connectivity index (χ2n) is 6.46. The molecule has 0 bridgehead atoms. The van der Waals surface area contributed by atoms with Gasteiger partial charge in [0.1, 0.15) is 0 Å². The first-order valence-electron chi connectivity index (χ1n) is 8.43. The summed E-state index contributed by atoms with van der Waals surface area (Å²) >= 11 is 5.62. The second kappa shape index (κ2) is 7.26. The molecule has 1 aliphatic carbocycles. The molecule has 0 aromatic heterocycles. The Labute approximate surface area is 133 Å². The predicted octanol–water partition coefficient (Wildman–Crippen LogP) is 4.07. The lowest BCUT2D eigenvalue weighted by atomic mass is 9.89. The summed E-state index contributed by atoms with van der Waals surface area (Å²) in [7, 11) is 0. The Balaban J connectivity index is 1.47. The van der Waals surface area contributed by atoms with Gasteiger partial charge >= 0.3 is 0 Å². The monoisotopic (exact) mass is 302 g/mol. The number of benzene rings is 1. The molecule has 1 saturated heterocycles. The van der Waals surface area contributed by atoms with Crippen molar-refractivity contribution in [3.05, 3.63) is 35.9 Å². The Morgan fingerprint density at radius 1 is 0.952 bits per heavy atom. The van der Waals surface area contributed by atoms with E-state index >= 15 is 0 Å². The summed E-state index contributed by atoms with van der Waals surface area (Å²) in [6.07, 6.45) is 9.13. The third-order valence-corrected chi connectivity index (χ3v) is 5.36. The lowest BCUT2D eigenvalue weighted by Gasteiger charge is -2.36. The first-order valence-corrected chi connectivity index (χ1v) is 8.84. The van der Waals surface area contributed by atoms with E-state index in [4.69, 9.17) is 12.2 Å². The van der Waals surface area contributed by atoms with Crippen LogP contribution in [-0.4, -0.2) is 29.1 Å². The molecule has 1 saturated carbocycles. The van der Waals surface area contributed by atoms with E-state index in [1.807, 2.05) is 0 Å². The van der Waals surface area contributed by atoms with Crippen molar-refractivity contribution >= 4 is 17.3 Å². The topological polar surface area (TPSA) is 15.3 Å². The smallest absolute Gasteiger partial charge is 0.169 e. The highest BCUT2D eigenvalue weighted by Crippen LogP contribution is 2.28. The van der Waals surface area contributed by atoms with Crippen LogP contribution in [0.1, 0.15) is 56.4 Å². The molecule has 0 spiro atoms. The van der Waals surface area contributed by atoms with E-state index in [9.17, 15) is 0 Å². The first kappa shape index (κ1) is 14.8. The van der Waals surface area contributed by atoms with Crippen molar-refractivity contribution in [2.75, 3.05) is 13.1 Å². The number of thiocarbonyl (C=S) groups is 1. The minimum atomic E-state index is 0.623. The number of likely N-dealkylation sites (tertiary alicyclic amines) is 1. The van der Waals surface area contributed by atoms with Crippen molar-refractivity contribution in [1.82, 2.24) is 10.2 Å². The van der Waals surface area contributed by atoms with Crippen molar-refractivity contribution in [2.24, 2.45) is 0 Å². The number of nitrogens with zero attached hydrogens (tertiary/aromatic N) is 1. The lowest BCUT2D eigenvalue weighted by Crippen LogP contribution is -2.47. The highest BCUT2D eigenvalue weighted by atomic mass is 32.1. The lowest BCUT2D eigenvalue weighted by molar-refractivity contribution is 0.301. The van der Waals surface area contributed by atoms with Gasteiger partial charge in [0.2, 0.25) is 0 Å². The fourth-order valence-electron chi connectivity index (χ4n) is 3.65. The van der Waals surface area contributed by atoms with Crippen LogP contribution in [0.2, 0.25) is 0 Å². The molecule has 1 N–H and O–H groups in total. The Morgan fingerprint density at radius 2 is 1.62 bits per heavy atom. The largest absolute Gasteiger partial charge is 0.360 e. The van der Waals surface area contributed by atoms with Gasteiger partial charge in [-0.25, -0.2) is 0 Å². The van der Waals surface area contributed by atoms with Gasteiger partial charge in [0, 0.05) is 19.1 Å². The Hall–Kier alpha value is -1.09. The zero-order chi connectivity index (χ0) is 14.5. The van der Waals surface area contributed by atoms with Gasteiger partial charge in [-0.1, -0.05) is 49.6 Å². The Morgan fingerprint density at radius 3 is 2.29 bits per heavy atom. The van der Waals surface area contributed by atoms with Crippen LogP contribution in [0.3, 0.4) is 0 Å². The highest BCUT2D eigenvalue weighted by molar-refractivity contribution is 7.80. The van der Waals surface area contributed by atoms with Gasteiger partial charge in [-0.15, -0.1) is 0 Å². The molecule has 1 aromatic rings. The average molecular weight is 302 g/mol. The minimum Gasteiger partial charge on any atom is -0.360 e. The Bertz CT molecular complexity index is 446. The van der Waals surface area contributed by atoms with Crippen LogP contribution in [0, 0.1) is 0 Å². The zero-order valence-electron chi connectivity index (χ0n) is 12.8. The highest BCUT2D eigenvalue weighted by Gasteiger charge is 2.23. The molecule has 0 atom stereocenters. The van der Waals surface area contributed by atoms with E-state index in [2.05, 4.69) is 40.5 Å². The molecular formula is C18H26N2S. The summed E-state index contributed by atoms with van der Waals surface area (Å²) < 4.78 is 0. The molecule has 2 aliphatic rings. The number of hydrogen-bond acceptors (Lipinski definition) is 1. The summed E-state index contributed by atoms with van der Waals surface area (Å²) in [5.74, 6) is 0.708. The molecule has 114 valence electrons. The fourth-order valence-corrected chi connectivity index (χ4v) is 4.00. The minimum absolute atomic E-state index is 0.623. The summed E-state index contributed by atoms with van der Waals surface area (Å²) in [5, 5.41) is 4.59. The van der Waals surface area contributed by atoms with Crippen LogP contribution >= 0.6 is 12.2 Å².